The summed E-state index contributed by atoms with van der Waals surface area (Å²) in [6.45, 7) is 1.19. The highest BCUT2D eigenvalue weighted by molar-refractivity contribution is 5.94. The van der Waals surface area contributed by atoms with E-state index in [0.717, 1.165) is 12.8 Å². The first-order valence-electron chi connectivity index (χ1n) is 5.48. The molecular weight excluding hydrogens is 207 g/mol. The second kappa shape index (κ2) is 4.61. The minimum atomic E-state index is -0.466. The number of nitrogens with zero attached hydrogens (tertiary/aromatic N) is 1. The van der Waals surface area contributed by atoms with Gasteiger partial charge in [0.2, 0.25) is 0 Å². The second-order valence-electron chi connectivity index (χ2n) is 4.13. The summed E-state index contributed by atoms with van der Waals surface area (Å²) in [6, 6.07) is 6.08. The van der Waals surface area contributed by atoms with E-state index in [9.17, 15) is 9.18 Å². The van der Waals surface area contributed by atoms with E-state index in [2.05, 4.69) is 0 Å². The van der Waals surface area contributed by atoms with Crippen LogP contribution in [0.25, 0.3) is 0 Å². The van der Waals surface area contributed by atoms with Crippen molar-refractivity contribution in [1.29, 1.82) is 0 Å². The predicted octanol–water partition coefficient (Wildman–Crippen LogP) is 1.39. The fourth-order valence-corrected chi connectivity index (χ4v) is 2.00. The third-order valence-electron chi connectivity index (χ3n) is 2.85. The molecule has 86 valence electrons. The Hall–Kier alpha value is -1.42. The highest BCUT2D eigenvalue weighted by atomic mass is 19.1. The van der Waals surface area contributed by atoms with Gasteiger partial charge in [-0.15, -0.1) is 0 Å². The van der Waals surface area contributed by atoms with E-state index in [1.165, 1.54) is 12.1 Å². The van der Waals surface area contributed by atoms with Crippen molar-refractivity contribution >= 4 is 5.91 Å². The van der Waals surface area contributed by atoms with Crippen molar-refractivity contribution in [3.05, 3.63) is 35.6 Å². The molecule has 0 aliphatic carbocycles. The largest absolute Gasteiger partial charge is 0.337 e. The summed E-state index contributed by atoms with van der Waals surface area (Å²) >= 11 is 0. The van der Waals surface area contributed by atoms with Gasteiger partial charge < -0.3 is 10.6 Å². The molecule has 1 saturated heterocycles. The monoisotopic (exact) mass is 222 g/mol. The van der Waals surface area contributed by atoms with Crippen LogP contribution in [0.4, 0.5) is 4.39 Å². The van der Waals surface area contributed by atoms with E-state index in [1.807, 2.05) is 0 Å². The summed E-state index contributed by atoms with van der Waals surface area (Å²) < 4.78 is 13.4. The van der Waals surface area contributed by atoms with E-state index in [-0.39, 0.29) is 17.5 Å². The predicted molar refractivity (Wildman–Crippen MR) is 59.5 cm³/mol. The molecular formula is C12H15FN2O. The molecule has 1 heterocycles. The van der Waals surface area contributed by atoms with E-state index < -0.39 is 5.82 Å². The molecule has 0 radical (unpaired) electrons. The maximum atomic E-state index is 13.4. The lowest BCUT2D eigenvalue weighted by Gasteiger charge is -2.30. The lowest BCUT2D eigenvalue weighted by Crippen LogP contribution is -2.45. The van der Waals surface area contributed by atoms with Crippen molar-refractivity contribution in [2.24, 2.45) is 5.73 Å². The molecule has 1 fully saturated rings. The Morgan fingerprint density at radius 3 is 2.88 bits per heavy atom. The third-order valence-corrected chi connectivity index (χ3v) is 2.85. The first-order valence-corrected chi connectivity index (χ1v) is 5.48. The van der Waals surface area contributed by atoms with Crippen LogP contribution in [-0.2, 0) is 0 Å². The molecule has 0 spiro atoms. The van der Waals surface area contributed by atoms with Crippen LogP contribution in [0.15, 0.2) is 24.3 Å². The van der Waals surface area contributed by atoms with Crippen LogP contribution in [0.2, 0.25) is 0 Å². The molecule has 0 aromatic heterocycles. The van der Waals surface area contributed by atoms with Gasteiger partial charge in [-0.1, -0.05) is 12.1 Å². The number of hydrogen-bond acceptors (Lipinski definition) is 2. The van der Waals surface area contributed by atoms with Gasteiger partial charge >= 0.3 is 0 Å². The third kappa shape index (κ3) is 2.22. The first-order chi connectivity index (χ1) is 7.68. The summed E-state index contributed by atoms with van der Waals surface area (Å²) in [7, 11) is 0. The molecule has 1 atom stereocenters. The van der Waals surface area contributed by atoms with Crippen molar-refractivity contribution in [1.82, 2.24) is 4.90 Å². The number of amides is 1. The molecule has 1 aliphatic rings. The molecule has 2 N–H and O–H groups in total. The van der Waals surface area contributed by atoms with Crippen LogP contribution in [0.5, 0.6) is 0 Å². The Labute approximate surface area is 94.0 Å². The highest BCUT2D eigenvalue weighted by Crippen LogP contribution is 2.14. The molecule has 16 heavy (non-hydrogen) atoms. The van der Waals surface area contributed by atoms with Gasteiger partial charge in [-0.25, -0.2) is 4.39 Å². The second-order valence-corrected chi connectivity index (χ2v) is 4.13. The van der Waals surface area contributed by atoms with Crippen LogP contribution in [0, 0.1) is 5.82 Å². The van der Waals surface area contributed by atoms with Gasteiger partial charge in [0, 0.05) is 19.1 Å². The van der Waals surface area contributed by atoms with Gasteiger partial charge in [-0.05, 0) is 25.0 Å². The number of halogens is 1. The Kier molecular flexibility index (Phi) is 3.19. The fraction of sp³-hybridized carbons (Fsp3) is 0.417. The molecule has 0 bridgehead atoms. The average Bonchev–Trinajstić information content (AvgIpc) is 2.29. The minimum Gasteiger partial charge on any atom is -0.337 e. The Morgan fingerprint density at radius 1 is 1.44 bits per heavy atom. The Bertz CT molecular complexity index is 394. The normalized spacial score (nSPS) is 20.9. The smallest absolute Gasteiger partial charge is 0.256 e. The topological polar surface area (TPSA) is 46.3 Å². The molecule has 4 heteroatoms. The van der Waals surface area contributed by atoms with E-state index in [0.29, 0.717) is 13.1 Å². The lowest BCUT2D eigenvalue weighted by molar-refractivity contribution is 0.0704. The maximum absolute atomic E-state index is 13.4. The van der Waals surface area contributed by atoms with Gasteiger partial charge in [0.1, 0.15) is 5.82 Å². The summed E-state index contributed by atoms with van der Waals surface area (Å²) in [5.74, 6) is -0.722. The van der Waals surface area contributed by atoms with Gasteiger partial charge in [-0.2, -0.15) is 0 Å². The number of nitrogens with two attached hydrogens (primary N) is 1. The van der Waals surface area contributed by atoms with Gasteiger partial charge in [-0.3, -0.25) is 4.79 Å². The van der Waals surface area contributed by atoms with Crippen LogP contribution in [0.1, 0.15) is 23.2 Å². The molecule has 1 aliphatic heterocycles. The fourth-order valence-electron chi connectivity index (χ4n) is 2.00. The van der Waals surface area contributed by atoms with Crippen LogP contribution < -0.4 is 5.73 Å². The standard InChI is InChI=1S/C12H15FN2O/c13-11-6-2-1-5-10(11)12(16)15-7-3-4-9(14)8-15/h1-2,5-6,9H,3-4,7-8,14H2. The summed E-state index contributed by atoms with van der Waals surface area (Å²) in [6.07, 6.45) is 1.82. The SMILES string of the molecule is NC1CCCN(C(=O)c2ccccc2F)C1. The van der Waals surface area contributed by atoms with E-state index in [4.69, 9.17) is 5.73 Å². The average molecular weight is 222 g/mol. The molecule has 1 aromatic carbocycles. The summed E-state index contributed by atoms with van der Waals surface area (Å²) in [5.41, 5.74) is 5.93. The number of likely N-dealkylation sites (tertiary alicyclic amines) is 1. The van der Waals surface area contributed by atoms with Gasteiger partial charge in [0.15, 0.2) is 0 Å². The van der Waals surface area contributed by atoms with Crippen molar-refractivity contribution in [2.75, 3.05) is 13.1 Å². The Balaban J connectivity index is 2.16. The molecule has 1 unspecified atom stereocenters. The summed E-state index contributed by atoms with van der Waals surface area (Å²) in [5, 5.41) is 0. The van der Waals surface area contributed by atoms with Crippen LogP contribution in [-0.4, -0.2) is 29.9 Å². The molecule has 0 saturated carbocycles. The summed E-state index contributed by atoms with van der Waals surface area (Å²) in [4.78, 5) is 13.6. The van der Waals surface area contributed by atoms with Crippen molar-refractivity contribution in [2.45, 2.75) is 18.9 Å². The van der Waals surface area contributed by atoms with Gasteiger partial charge in [0.05, 0.1) is 5.56 Å². The number of rotatable bonds is 1. The van der Waals surface area contributed by atoms with Crippen molar-refractivity contribution < 1.29 is 9.18 Å². The van der Waals surface area contributed by atoms with Crippen LogP contribution in [0.3, 0.4) is 0 Å². The number of piperidine rings is 1. The van der Waals surface area contributed by atoms with Crippen LogP contribution >= 0.6 is 0 Å². The van der Waals surface area contributed by atoms with E-state index in [1.54, 1.807) is 17.0 Å². The number of benzene rings is 1. The lowest BCUT2D eigenvalue weighted by atomic mass is 10.1. The molecule has 1 aromatic rings. The zero-order valence-corrected chi connectivity index (χ0v) is 9.03. The van der Waals surface area contributed by atoms with Crippen molar-refractivity contribution in [3.8, 4) is 0 Å². The molecule has 2 rings (SSSR count). The highest BCUT2D eigenvalue weighted by Gasteiger charge is 2.23. The zero-order valence-electron chi connectivity index (χ0n) is 9.03. The van der Waals surface area contributed by atoms with E-state index >= 15 is 0 Å². The molecule has 3 nitrogen and oxygen atoms in total. The Morgan fingerprint density at radius 2 is 2.19 bits per heavy atom. The minimum absolute atomic E-state index is 0.0180. The zero-order chi connectivity index (χ0) is 11.5. The number of hydrogen-bond donors (Lipinski definition) is 1. The van der Waals surface area contributed by atoms with Gasteiger partial charge in [0.25, 0.3) is 5.91 Å². The first kappa shape index (κ1) is 11.1. The number of carbonyl (C=O) groups excluding carboxylic acids is 1. The van der Waals surface area contributed by atoms with Crippen molar-refractivity contribution in [3.63, 3.8) is 0 Å². The number of carbonyl (C=O) groups is 1. The molecule has 1 amide bonds. The maximum Gasteiger partial charge on any atom is 0.256 e. The quantitative estimate of drug-likeness (QED) is 0.780.